The van der Waals surface area contributed by atoms with E-state index in [4.69, 9.17) is 18.0 Å². The van der Waals surface area contributed by atoms with Gasteiger partial charge in [-0.25, -0.2) is 0 Å². The highest BCUT2D eigenvalue weighted by atomic mass is 32.1. The van der Waals surface area contributed by atoms with Crippen LogP contribution in [-0.2, 0) is 6.42 Å². The summed E-state index contributed by atoms with van der Waals surface area (Å²) < 4.78 is 3.89. The maximum absolute atomic E-state index is 12.5. The van der Waals surface area contributed by atoms with Crippen molar-refractivity contribution in [1.82, 2.24) is 14.9 Å². The molecule has 0 aromatic carbocycles. The Balaban J connectivity index is 2.07. The van der Waals surface area contributed by atoms with E-state index in [2.05, 4.69) is 21.8 Å². The number of aromatic nitrogens is 2. The predicted molar refractivity (Wildman–Crippen MR) is 88.5 cm³/mol. The molecule has 0 aliphatic heterocycles. The van der Waals surface area contributed by atoms with Crippen molar-refractivity contribution in [2.45, 2.75) is 57.9 Å². The number of nitrogens with two attached hydrogens (primary N) is 1. The first-order valence-electron chi connectivity index (χ1n) is 7.55. The second kappa shape index (κ2) is 7.79. The molecule has 1 aliphatic rings. The Bertz CT molecular complexity index is 497. The number of hydrogen-bond acceptors (Lipinski definition) is 5. The molecule has 1 amide bonds. The number of aryl methyl sites for hydroxylation is 1. The van der Waals surface area contributed by atoms with Gasteiger partial charge in [0, 0.05) is 0 Å². The molecule has 5 nitrogen and oxygen atoms in total. The van der Waals surface area contributed by atoms with Crippen molar-refractivity contribution in [3.05, 3.63) is 10.6 Å². The molecule has 3 N–H and O–H groups in total. The third-order valence-electron chi connectivity index (χ3n) is 3.96. The normalized spacial score (nSPS) is 17.4. The van der Waals surface area contributed by atoms with Crippen molar-refractivity contribution < 1.29 is 4.79 Å². The smallest absolute Gasteiger partial charge is 0.265 e. The van der Waals surface area contributed by atoms with Gasteiger partial charge in [-0.15, -0.1) is 5.10 Å². The predicted octanol–water partition coefficient (Wildman–Crippen LogP) is 2.46. The van der Waals surface area contributed by atoms with Gasteiger partial charge in [0.05, 0.1) is 16.7 Å². The van der Waals surface area contributed by atoms with Gasteiger partial charge in [-0.1, -0.05) is 49.3 Å². The molecule has 21 heavy (non-hydrogen) atoms. The van der Waals surface area contributed by atoms with E-state index >= 15 is 0 Å². The zero-order chi connectivity index (χ0) is 15.2. The Labute approximate surface area is 134 Å². The second-order valence-electron chi connectivity index (χ2n) is 5.55. The van der Waals surface area contributed by atoms with Gasteiger partial charge in [-0.2, -0.15) is 0 Å². The number of thiocarbonyl (C=S) groups is 1. The van der Waals surface area contributed by atoms with Crippen LogP contribution in [0.15, 0.2) is 0 Å². The zero-order valence-electron chi connectivity index (χ0n) is 12.3. The van der Waals surface area contributed by atoms with Crippen molar-refractivity contribution in [1.29, 1.82) is 0 Å². The maximum atomic E-state index is 12.5. The first kappa shape index (κ1) is 16.3. The number of hydrogen-bond donors (Lipinski definition) is 2. The molecule has 7 heteroatoms. The average molecular weight is 326 g/mol. The lowest BCUT2D eigenvalue weighted by molar-refractivity contribution is 0.0935. The summed E-state index contributed by atoms with van der Waals surface area (Å²) in [6, 6.07) is -0.218. The molecule has 0 saturated heterocycles. The van der Waals surface area contributed by atoms with Gasteiger partial charge >= 0.3 is 0 Å². The van der Waals surface area contributed by atoms with E-state index in [1.807, 2.05) is 0 Å². The van der Waals surface area contributed by atoms with Crippen LogP contribution in [0, 0.1) is 5.92 Å². The Kier molecular flexibility index (Phi) is 6.05. The van der Waals surface area contributed by atoms with Gasteiger partial charge in [0.1, 0.15) is 4.88 Å². The first-order valence-corrected chi connectivity index (χ1v) is 8.73. The minimum atomic E-state index is -0.218. The summed E-state index contributed by atoms with van der Waals surface area (Å²) in [4.78, 5) is 13.4. The minimum absolute atomic E-state index is 0.142. The molecular formula is C14H22N4OS2. The van der Waals surface area contributed by atoms with Gasteiger partial charge in [-0.3, -0.25) is 4.79 Å². The van der Waals surface area contributed by atoms with Crippen LogP contribution in [0.25, 0.3) is 0 Å². The third-order valence-corrected chi connectivity index (χ3v) is 4.98. The Hall–Kier alpha value is -1.08. The molecule has 1 saturated carbocycles. The topological polar surface area (TPSA) is 80.9 Å². The Morgan fingerprint density at radius 3 is 2.81 bits per heavy atom. The highest BCUT2D eigenvalue weighted by Gasteiger charge is 2.28. The summed E-state index contributed by atoms with van der Waals surface area (Å²) in [5, 5.41) is 7.05. The van der Waals surface area contributed by atoms with Gasteiger partial charge in [0.25, 0.3) is 5.91 Å². The highest BCUT2D eigenvalue weighted by molar-refractivity contribution is 7.80. The largest absolute Gasteiger partial charge is 0.392 e. The molecule has 1 aromatic heterocycles. The van der Waals surface area contributed by atoms with Crippen LogP contribution < -0.4 is 11.1 Å². The number of rotatable bonds is 6. The molecule has 1 unspecified atom stereocenters. The molecule has 1 aromatic rings. The van der Waals surface area contributed by atoms with Gasteiger partial charge in [0.2, 0.25) is 0 Å². The average Bonchev–Trinajstić information content (AvgIpc) is 2.94. The van der Waals surface area contributed by atoms with Crippen molar-refractivity contribution >= 4 is 34.6 Å². The Morgan fingerprint density at radius 1 is 1.48 bits per heavy atom. The molecule has 116 valence electrons. The van der Waals surface area contributed by atoms with Crippen LogP contribution in [0.1, 0.15) is 60.8 Å². The van der Waals surface area contributed by atoms with Crippen LogP contribution in [0.5, 0.6) is 0 Å². The molecule has 0 radical (unpaired) electrons. The lowest BCUT2D eigenvalue weighted by Gasteiger charge is -2.30. The molecule has 1 atom stereocenters. The minimum Gasteiger partial charge on any atom is -0.392 e. The van der Waals surface area contributed by atoms with E-state index in [9.17, 15) is 4.79 Å². The lowest BCUT2D eigenvalue weighted by atomic mass is 9.84. The fourth-order valence-corrected chi connectivity index (χ4v) is 3.74. The Morgan fingerprint density at radius 2 is 2.19 bits per heavy atom. The number of amides is 1. The fraction of sp³-hybridized carbons (Fsp3) is 0.714. The van der Waals surface area contributed by atoms with Gasteiger partial charge in [-0.05, 0) is 36.7 Å². The van der Waals surface area contributed by atoms with Gasteiger partial charge < -0.3 is 11.1 Å². The van der Waals surface area contributed by atoms with Crippen LogP contribution in [0.4, 0.5) is 0 Å². The van der Waals surface area contributed by atoms with Crippen LogP contribution in [0.2, 0.25) is 0 Å². The maximum Gasteiger partial charge on any atom is 0.265 e. The number of carbonyl (C=O) groups excluding carboxylic acids is 1. The fourth-order valence-electron chi connectivity index (χ4n) is 2.88. The zero-order valence-corrected chi connectivity index (χ0v) is 13.9. The van der Waals surface area contributed by atoms with E-state index in [0.717, 1.165) is 42.9 Å². The number of nitrogens with zero attached hydrogens (tertiary/aromatic N) is 2. The van der Waals surface area contributed by atoms with Crippen molar-refractivity contribution in [3.8, 4) is 0 Å². The number of nitrogens with one attached hydrogen (secondary N) is 1. The third kappa shape index (κ3) is 4.20. The molecule has 0 spiro atoms. The monoisotopic (exact) mass is 326 g/mol. The SMILES string of the molecule is CCCc1nnsc1C(=O)NC(C(N)=S)C1CCCCC1. The molecule has 1 heterocycles. The quantitative estimate of drug-likeness (QED) is 0.785. The summed E-state index contributed by atoms with van der Waals surface area (Å²) in [5.74, 6) is 0.215. The summed E-state index contributed by atoms with van der Waals surface area (Å²) in [5.41, 5.74) is 6.62. The van der Waals surface area contributed by atoms with E-state index < -0.39 is 0 Å². The van der Waals surface area contributed by atoms with E-state index in [1.54, 1.807) is 0 Å². The van der Waals surface area contributed by atoms with Crippen LogP contribution >= 0.6 is 23.8 Å². The highest BCUT2D eigenvalue weighted by Crippen LogP contribution is 2.27. The van der Waals surface area contributed by atoms with E-state index in [-0.39, 0.29) is 11.9 Å². The lowest BCUT2D eigenvalue weighted by Crippen LogP contribution is -2.48. The molecule has 0 bridgehead atoms. The molecular weight excluding hydrogens is 304 g/mol. The van der Waals surface area contributed by atoms with Crippen LogP contribution in [0.3, 0.4) is 0 Å². The second-order valence-corrected chi connectivity index (χ2v) is 6.78. The van der Waals surface area contributed by atoms with E-state index in [0.29, 0.717) is 15.8 Å². The standard InChI is InChI=1S/C14H22N4OS2/c1-2-6-10-12(21-18-17-10)14(19)16-11(13(15)20)9-7-4-3-5-8-9/h9,11H,2-8H2,1H3,(H2,15,20)(H,16,19). The van der Waals surface area contributed by atoms with E-state index in [1.165, 1.54) is 19.3 Å². The van der Waals surface area contributed by atoms with Crippen molar-refractivity contribution in [3.63, 3.8) is 0 Å². The van der Waals surface area contributed by atoms with Crippen molar-refractivity contribution in [2.75, 3.05) is 0 Å². The van der Waals surface area contributed by atoms with Gasteiger partial charge in [0.15, 0.2) is 0 Å². The molecule has 2 rings (SSSR count). The summed E-state index contributed by atoms with van der Waals surface area (Å²) in [6.45, 7) is 2.06. The van der Waals surface area contributed by atoms with Crippen LogP contribution in [-0.4, -0.2) is 26.5 Å². The molecule has 1 fully saturated rings. The molecule has 1 aliphatic carbocycles. The summed E-state index contributed by atoms with van der Waals surface area (Å²) in [7, 11) is 0. The van der Waals surface area contributed by atoms with Crippen molar-refractivity contribution in [2.24, 2.45) is 11.7 Å². The summed E-state index contributed by atoms with van der Waals surface area (Å²) >= 11 is 6.31. The number of carbonyl (C=O) groups is 1. The summed E-state index contributed by atoms with van der Waals surface area (Å²) in [6.07, 6.45) is 7.48. The first-order chi connectivity index (χ1) is 10.1.